The molecular formula is C11H19NS. The number of hydrogen-bond acceptors (Lipinski definition) is 2. The monoisotopic (exact) mass is 197 g/mol. The Hall–Kier alpha value is -0.340. The molecule has 1 rings (SSSR count). The summed E-state index contributed by atoms with van der Waals surface area (Å²) >= 11 is 1.78. The fraction of sp³-hybridized carbons (Fsp3) is 0.636. The number of thiophene rings is 1. The fourth-order valence-electron chi connectivity index (χ4n) is 1.56. The lowest BCUT2D eigenvalue weighted by Gasteiger charge is -2.22. The third-order valence-electron chi connectivity index (χ3n) is 2.54. The van der Waals surface area contributed by atoms with E-state index < -0.39 is 0 Å². The third kappa shape index (κ3) is 2.82. The molecule has 0 bridgehead atoms. The van der Waals surface area contributed by atoms with Gasteiger partial charge in [-0.3, -0.25) is 0 Å². The van der Waals surface area contributed by atoms with E-state index in [2.05, 4.69) is 42.9 Å². The molecular weight excluding hydrogens is 178 g/mol. The van der Waals surface area contributed by atoms with Crippen molar-refractivity contribution in [3.8, 4) is 0 Å². The van der Waals surface area contributed by atoms with E-state index in [0.29, 0.717) is 6.04 Å². The molecule has 0 fully saturated rings. The normalized spacial score (nSPS) is 15.6. The second-order valence-electron chi connectivity index (χ2n) is 3.48. The lowest BCUT2D eigenvalue weighted by Crippen LogP contribution is -2.26. The van der Waals surface area contributed by atoms with Gasteiger partial charge in [0, 0.05) is 6.04 Å². The van der Waals surface area contributed by atoms with Gasteiger partial charge in [-0.1, -0.05) is 27.2 Å². The first-order chi connectivity index (χ1) is 6.29. The number of rotatable bonds is 5. The maximum Gasteiger partial charge on any atom is 0.0354 e. The van der Waals surface area contributed by atoms with Crippen molar-refractivity contribution in [3.63, 3.8) is 0 Å². The molecule has 0 radical (unpaired) electrons. The molecule has 0 aliphatic heterocycles. The molecule has 1 aromatic rings. The van der Waals surface area contributed by atoms with Gasteiger partial charge in [0.15, 0.2) is 0 Å². The van der Waals surface area contributed by atoms with Gasteiger partial charge in [-0.05, 0) is 34.9 Å². The van der Waals surface area contributed by atoms with Gasteiger partial charge < -0.3 is 5.32 Å². The quantitative estimate of drug-likeness (QED) is 0.762. The van der Waals surface area contributed by atoms with Crippen LogP contribution in [-0.4, -0.2) is 6.54 Å². The van der Waals surface area contributed by atoms with Gasteiger partial charge in [0.1, 0.15) is 0 Å². The van der Waals surface area contributed by atoms with E-state index in [0.717, 1.165) is 12.5 Å². The third-order valence-corrected chi connectivity index (χ3v) is 3.24. The average molecular weight is 197 g/mol. The Morgan fingerprint density at radius 2 is 2.23 bits per heavy atom. The summed E-state index contributed by atoms with van der Waals surface area (Å²) in [4.78, 5) is 0. The summed E-state index contributed by atoms with van der Waals surface area (Å²) in [5.74, 6) is 0.717. The largest absolute Gasteiger partial charge is 0.310 e. The maximum absolute atomic E-state index is 3.54. The lowest BCUT2D eigenvalue weighted by atomic mass is 9.94. The summed E-state index contributed by atoms with van der Waals surface area (Å²) in [6, 6.07) is 2.77. The zero-order valence-electron chi connectivity index (χ0n) is 8.71. The Bertz CT molecular complexity index is 218. The van der Waals surface area contributed by atoms with E-state index in [-0.39, 0.29) is 0 Å². The molecule has 74 valence electrons. The predicted molar refractivity (Wildman–Crippen MR) is 60.2 cm³/mol. The Morgan fingerprint density at radius 3 is 2.69 bits per heavy atom. The van der Waals surface area contributed by atoms with Crippen molar-refractivity contribution in [1.82, 2.24) is 5.32 Å². The number of nitrogens with one attached hydrogen (secondary N) is 1. The van der Waals surface area contributed by atoms with Crippen LogP contribution in [0.1, 0.15) is 38.8 Å². The first-order valence-electron chi connectivity index (χ1n) is 5.05. The Kier molecular flexibility index (Phi) is 4.46. The predicted octanol–water partition coefficient (Wildman–Crippen LogP) is 3.44. The molecule has 1 heterocycles. The Labute approximate surface area is 85.2 Å². The summed E-state index contributed by atoms with van der Waals surface area (Å²) in [6.07, 6.45) is 1.23. The Morgan fingerprint density at radius 1 is 1.46 bits per heavy atom. The van der Waals surface area contributed by atoms with Crippen LogP contribution < -0.4 is 5.32 Å². The molecule has 2 atom stereocenters. The zero-order chi connectivity index (χ0) is 9.68. The maximum atomic E-state index is 3.54. The van der Waals surface area contributed by atoms with Crippen molar-refractivity contribution in [2.45, 2.75) is 33.2 Å². The summed E-state index contributed by atoms with van der Waals surface area (Å²) in [7, 11) is 0. The average Bonchev–Trinajstić information content (AvgIpc) is 2.65. The second kappa shape index (κ2) is 5.40. The molecule has 0 aliphatic rings. The molecule has 1 aromatic heterocycles. The molecule has 0 saturated heterocycles. The molecule has 0 saturated carbocycles. The zero-order valence-corrected chi connectivity index (χ0v) is 9.53. The van der Waals surface area contributed by atoms with Gasteiger partial charge in [-0.15, -0.1) is 0 Å². The van der Waals surface area contributed by atoms with E-state index >= 15 is 0 Å². The van der Waals surface area contributed by atoms with Crippen LogP contribution in [-0.2, 0) is 0 Å². The molecule has 1 nitrogen and oxygen atoms in total. The van der Waals surface area contributed by atoms with Crippen LogP contribution >= 0.6 is 11.3 Å². The van der Waals surface area contributed by atoms with Crippen molar-refractivity contribution in [3.05, 3.63) is 22.4 Å². The van der Waals surface area contributed by atoms with Crippen molar-refractivity contribution in [1.29, 1.82) is 0 Å². The van der Waals surface area contributed by atoms with Gasteiger partial charge in [0.05, 0.1) is 0 Å². The van der Waals surface area contributed by atoms with Crippen molar-refractivity contribution in [2.24, 2.45) is 5.92 Å². The first kappa shape index (κ1) is 10.7. The fourth-order valence-corrected chi connectivity index (χ4v) is 2.25. The summed E-state index contributed by atoms with van der Waals surface area (Å²) in [5.41, 5.74) is 1.45. The molecule has 13 heavy (non-hydrogen) atoms. The minimum atomic E-state index is 0.543. The van der Waals surface area contributed by atoms with Crippen molar-refractivity contribution < 1.29 is 0 Å². The van der Waals surface area contributed by atoms with Crippen LogP contribution in [0.15, 0.2) is 16.8 Å². The van der Waals surface area contributed by atoms with Crippen molar-refractivity contribution >= 4 is 11.3 Å². The molecule has 2 unspecified atom stereocenters. The van der Waals surface area contributed by atoms with Gasteiger partial charge in [-0.2, -0.15) is 11.3 Å². The second-order valence-corrected chi connectivity index (χ2v) is 4.26. The van der Waals surface area contributed by atoms with Gasteiger partial charge >= 0.3 is 0 Å². The minimum Gasteiger partial charge on any atom is -0.310 e. The summed E-state index contributed by atoms with van der Waals surface area (Å²) < 4.78 is 0. The van der Waals surface area contributed by atoms with Crippen molar-refractivity contribution in [2.75, 3.05) is 6.54 Å². The van der Waals surface area contributed by atoms with Crippen LogP contribution in [0.4, 0.5) is 0 Å². The summed E-state index contributed by atoms with van der Waals surface area (Å²) in [6.45, 7) is 7.78. The first-order valence-corrected chi connectivity index (χ1v) is 5.99. The minimum absolute atomic E-state index is 0.543. The van der Waals surface area contributed by atoms with E-state index in [9.17, 15) is 0 Å². The van der Waals surface area contributed by atoms with E-state index in [1.807, 2.05) is 0 Å². The van der Waals surface area contributed by atoms with Gasteiger partial charge in [0.25, 0.3) is 0 Å². The van der Waals surface area contributed by atoms with Gasteiger partial charge in [-0.25, -0.2) is 0 Å². The highest BCUT2D eigenvalue weighted by molar-refractivity contribution is 7.07. The van der Waals surface area contributed by atoms with Crippen LogP contribution in [0.5, 0.6) is 0 Å². The van der Waals surface area contributed by atoms with Crippen LogP contribution in [0.2, 0.25) is 0 Å². The summed E-state index contributed by atoms with van der Waals surface area (Å²) in [5, 5.41) is 7.95. The molecule has 1 N–H and O–H groups in total. The topological polar surface area (TPSA) is 12.0 Å². The smallest absolute Gasteiger partial charge is 0.0354 e. The highest BCUT2D eigenvalue weighted by Crippen LogP contribution is 2.25. The molecule has 0 aliphatic carbocycles. The molecule has 2 heteroatoms. The van der Waals surface area contributed by atoms with E-state index in [1.54, 1.807) is 11.3 Å². The molecule has 0 spiro atoms. The number of hydrogen-bond donors (Lipinski definition) is 1. The van der Waals surface area contributed by atoms with Crippen LogP contribution in [0.25, 0.3) is 0 Å². The highest BCUT2D eigenvalue weighted by atomic mass is 32.1. The standard InChI is InChI=1S/C11H19NS/c1-4-9(3)11(12-5-2)10-6-7-13-8-10/h6-9,11-12H,4-5H2,1-3H3. The lowest BCUT2D eigenvalue weighted by molar-refractivity contribution is 0.384. The molecule has 0 amide bonds. The highest BCUT2D eigenvalue weighted by Gasteiger charge is 2.16. The SMILES string of the molecule is CCNC(c1ccsc1)C(C)CC. The van der Waals surface area contributed by atoms with E-state index in [4.69, 9.17) is 0 Å². The molecule has 0 aromatic carbocycles. The van der Waals surface area contributed by atoms with Crippen LogP contribution in [0, 0.1) is 5.92 Å². The van der Waals surface area contributed by atoms with Gasteiger partial charge in [0.2, 0.25) is 0 Å². The Balaban J connectivity index is 2.68. The van der Waals surface area contributed by atoms with Crippen LogP contribution in [0.3, 0.4) is 0 Å². The van der Waals surface area contributed by atoms with E-state index in [1.165, 1.54) is 12.0 Å².